The molecule has 142 valence electrons. The maximum absolute atomic E-state index is 12.1. The van der Waals surface area contributed by atoms with Crippen molar-refractivity contribution < 1.29 is 19.2 Å². The standard InChI is InChI=1S/C19H14ClN3O5/c1-11-2-3-12(8-16(11)20)18-7-5-14(28-18)10-21-22-19(25)15-9-13(23(26)27)4-6-17(15)24/h2-10,24H,1H3,(H,22,25)/b21-10-. The summed E-state index contributed by atoms with van der Waals surface area (Å²) in [5, 5.41) is 24.9. The predicted molar refractivity (Wildman–Crippen MR) is 104 cm³/mol. The molecule has 0 unspecified atom stereocenters. The summed E-state index contributed by atoms with van der Waals surface area (Å²) < 4.78 is 5.63. The Labute approximate surface area is 164 Å². The largest absolute Gasteiger partial charge is 0.507 e. The first-order chi connectivity index (χ1) is 13.3. The number of phenolic OH excluding ortho intramolecular Hbond substituents is 1. The molecule has 0 saturated heterocycles. The number of non-ortho nitro benzene ring substituents is 1. The van der Waals surface area contributed by atoms with Gasteiger partial charge in [0.25, 0.3) is 11.6 Å². The highest BCUT2D eigenvalue weighted by molar-refractivity contribution is 6.31. The number of nitrogens with zero attached hydrogens (tertiary/aromatic N) is 2. The highest BCUT2D eigenvalue weighted by Gasteiger charge is 2.16. The third-order valence-electron chi connectivity index (χ3n) is 3.88. The minimum Gasteiger partial charge on any atom is -0.507 e. The van der Waals surface area contributed by atoms with E-state index in [4.69, 9.17) is 16.0 Å². The summed E-state index contributed by atoms with van der Waals surface area (Å²) in [6.07, 6.45) is 1.27. The third kappa shape index (κ3) is 4.18. The van der Waals surface area contributed by atoms with Crippen LogP contribution in [0.1, 0.15) is 21.7 Å². The van der Waals surface area contributed by atoms with Crippen molar-refractivity contribution in [2.75, 3.05) is 0 Å². The molecule has 0 aliphatic rings. The molecule has 0 aliphatic carbocycles. The van der Waals surface area contributed by atoms with E-state index in [9.17, 15) is 20.0 Å². The number of benzene rings is 2. The molecule has 1 heterocycles. The lowest BCUT2D eigenvalue weighted by Crippen LogP contribution is -2.17. The normalized spacial score (nSPS) is 10.9. The van der Waals surface area contributed by atoms with E-state index in [1.165, 1.54) is 6.21 Å². The van der Waals surface area contributed by atoms with E-state index in [1.807, 2.05) is 19.1 Å². The number of halogens is 1. The number of carbonyl (C=O) groups is 1. The Balaban J connectivity index is 1.71. The van der Waals surface area contributed by atoms with E-state index in [-0.39, 0.29) is 11.3 Å². The van der Waals surface area contributed by atoms with Gasteiger partial charge in [0.2, 0.25) is 0 Å². The predicted octanol–water partition coefficient (Wildman–Crippen LogP) is 4.29. The Morgan fingerprint density at radius 1 is 1.25 bits per heavy atom. The Morgan fingerprint density at radius 2 is 2.04 bits per heavy atom. The summed E-state index contributed by atoms with van der Waals surface area (Å²) in [4.78, 5) is 22.2. The lowest BCUT2D eigenvalue weighted by molar-refractivity contribution is -0.384. The van der Waals surface area contributed by atoms with Gasteiger partial charge in [0.15, 0.2) is 0 Å². The fraction of sp³-hybridized carbons (Fsp3) is 0.0526. The van der Waals surface area contributed by atoms with Crippen LogP contribution in [0, 0.1) is 17.0 Å². The van der Waals surface area contributed by atoms with E-state index < -0.39 is 16.6 Å². The fourth-order valence-corrected chi connectivity index (χ4v) is 2.54. The quantitative estimate of drug-likeness (QED) is 0.377. The van der Waals surface area contributed by atoms with Crippen LogP contribution < -0.4 is 5.43 Å². The SMILES string of the molecule is Cc1ccc(-c2ccc(/C=N\NC(=O)c3cc([N+](=O)[O-])ccc3O)o2)cc1Cl. The van der Waals surface area contributed by atoms with Crippen LogP contribution in [0.3, 0.4) is 0 Å². The van der Waals surface area contributed by atoms with Gasteiger partial charge in [0.05, 0.1) is 16.7 Å². The minimum absolute atomic E-state index is 0.263. The zero-order valence-corrected chi connectivity index (χ0v) is 15.3. The number of aromatic hydroxyl groups is 1. The van der Waals surface area contributed by atoms with Crippen molar-refractivity contribution in [3.8, 4) is 17.1 Å². The Morgan fingerprint density at radius 3 is 2.75 bits per heavy atom. The molecule has 1 amide bonds. The summed E-state index contributed by atoms with van der Waals surface area (Å²) >= 11 is 6.11. The number of nitro groups is 1. The molecule has 1 aromatic heterocycles. The van der Waals surface area contributed by atoms with E-state index >= 15 is 0 Å². The van der Waals surface area contributed by atoms with Gasteiger partial charge in [-0.15, -0.1) is 0 Å². The summed E-state index contributed by atoms with van der Waals surface area (Å²) in [6, 6.07) is 12.0. The summed E-state index contributed by atoms with van der Waals surface area (Å²) in [7, 11) is 0. The maximum Gasteiger partial charge on any atom is 0.275 e. The van der Waals surface area contributed by atoms with Crippen molar-refractivity contribution in [1.29, 1.82) is 0 Å². The average Bonchev–Trinajstić information content (AvgIpc) is 3.13. The van der Waals surface area contributed by atoms with Crippen LogP contribution in [0.4, 0.5) is 5.69 Å². The van der Waals surface area contributed by atoms with Gasteiger partial charge < -0.3 is 9.52 Å². The number of hydrogen-bond donors (Lipinski definition) is 2. The lowest BCUT2D eigenvalue weighted by atomic mass is 10.1. The first kappa shape index (κ1) is 19.1. The summed E-state index contributed by atoms with van der Waals surface area (Å²) in [5.74, 6) is -0.245. The number of nitro benzene ring substituents is 1. The van der Waals surface area contributed by atoms with Gasteiger partial charge >= 0.3 is 0 Å². The molecule has 0 spiro atoms. The van der Waals surface area contributed by atoms with Crippen LogP contribution in [0.25, 0.3) is 11.3 Å². The molecular formula is C19H14ClN3O5. The number of rotatable bonds is 5. The topological polar surface area (TPSA) is 118 Å². The molecule has 0 radical (unpaired) electrons. The number of hydrogen-bond acceptors (Lipinski definition) is 6. The van der Waals surface area contributed by atoms with Gasteiger partial charge in [0, 0.05) is 22.7 Å². The van der Waals surface area contributed by atoms with Gasteiger partial charge in [-0.1, -0.05) is 23.7 Å². The molecule has 9 heteroatoms. The van der Waals surface area contributed by atoms with E-state index in [1.54, 1.807) is 18.2 Å². The van der Waals surface area contributed by atoms with Crippen molar-refractivity contribution in [1.82, 2.24) is 5.43 Å². The number of nitrogens with one attached hydrogen (secondary N) is 1. The molecule has 2 N–H and O–H groups in total. The smallest absolute Gasteiger partial charge is 0.275 e. The molecule has 0 aliphatic heterocycles. The van der Waals surface area contributed by atoms with Crippen LogP contribution in [-0.4, -0.2) is 22.2 Å². The molecule has 8 nitrogen and oxygen atoms in total. The molecule has 0 bridgehead atoms. The van der Waals surface area contributed by atoms with Crippen LogP contribution in [0.15, 0.2) is 58.0 Å². The second-order valence-corrected chi connectivity index (χ2v) is 6.23. The number of carbonyl (C=O) groups excluding carboxylic acids is 1. The van der Waals surface area contributed by atoms with E-state index in [0.717, 1.165) is 29.3 Å². The van der Waals surface area contributed by atoms with E-state index in [0.29, 0.717) is 16.5 Å². The van der Waals surface area contributed by atoms with Crippen molar-refractivity contribution >= 4 is 29.4 Å². The van der Waals surface area contributed by atoms with Gasteiger partial charge in [-0.3, -0.25) is 14.9 Å². The van der Waals surface area contributed by atoms with Crippen molar-refractivity contribution in [3.63, 3.8) is 0 Å². The van der Waals surface area contributed by atoms with Crippen molar-refractivity contribution in [2.24, 2.45) is 5.10 Å². The van der Waals surface area contributed by atoms with Crippen LogP contribution in [0.5, 0.6) is 5.75 Å². The summed E-state index contributed by atoms with van der Waals surface area (Å²) in [6.45, 7) is 1.90. The number of phenols is 1. The van der Waals surface area contributed by atoms with Gasteiger partial charge in [-0.05, 0) is 36.8 Å². The molecule has 0 fully saturated rings. The first-order valence-electron chi connectivity index (χ1n) is 8.02. The second-order valence-electron chi connectivity index (χ2n) is 5.82. The fourth-order valence-electron chi connectivity index (χ4n) is 2.36. The second kappa shape index (κ2) is 7.93. The molecule has 3 aromatic rings. The van der Waals surface area contributed by atoms with E-state index in [2.05, 4.69) is 10.5 Å². The minimum atomic E-state index is -0.797. The molecule has 28 heavy (non-hydrogen) atoms. The number of aryl methyl sites for hydroxylation is 1. The van der Waals surface area contributed by atoms with Gasteiger partial charge in [0.1, 0.15) is 17.3 Å². The van der Waals surface area contributed by atoms with Crippen LogP contribution >= 0.6 is 11.6 Å². The highest BCUT2D eigenvalue weighted by atomic mass is 35.5. The zero-order chi connectivity index (χ0) is 20.3. The maximum atomic E-state index is 12.1. The number of furan rings is 1. The molecule has 0 atom stereocenters. The third-order valence-corrected chi connectivity index (χ3v) is 4.28. The number of hydrazone groups is 1. The number of amides is 1. The first-order valence-corrected chi connectivity index (χ1v) is 8.40. The molecule has 0 saturated carbocycles. The highest BCUT2D eigenvalue weighted by Crippen LogP contribution is 2.26. The Kier molecular flexibility index (Phi) is 5.42. The van der Waals surface area contributed by atoms with Crippen LogP contribution in [0.2, 0.25) is 5.02 Å². The molecular weight excluding hydrogens is 386 g/mol. The zero-order valence-electron chi connectivity index (χ0n) is 14.5. The van der Waals surface area contributed by atoms with Crippen LogP contribution in [-0.2, 0) is 0 Å². The Bertz CT molecular complexity index is 1090. The average molecular weight is 400 g/mol. The van der Waals surface area contributed by atoms with Crippen molar-refractivity contribution in [3.05, 3.63) is 80.6 Å². The van der Waals surface area contributed by atoms with Gasteiger partial charge in [-0.2, -0.15) is 5.10 Å². The monoisotopic (exact) mass is 399 g/mol. The lowest BCUT2D eigenvalue weighted by Gasteiger charge is -2.02. The van der Waals surface area contributed by atoms with Crippen molar-refractivity contribution in [2.45, 2.75) is 6.92 Å². The van der Waals surface area contributed by atoms with Gasteiger partial charge in [-0.25, -0.2) is 5.43 Å². The molecule has 3 rings (SSSR count). The summed E-state index contributed by atoms with van der Waals surface area (Å²) in [5.41, 5.74) is 3.35. The Hall–Kier alpha value is -3.65. The molecule has 2 aromatic carbocycles.